The molecule has 0 aliphatic rings. The fourth-order valence-electron chi connectivity index (χ4n) is 2.27. The average molecular weight is 341 g/mol. The molecule has 0 saturated heterocycles. The van der Waals surface area contributed by atoms with Crippen molar-refractivity contribution >= 4 is 5.91 Å². The Morgan fingerprint density at radius 1 is 1.32 bits per heavy atom. The number of nitrogens with zero attached hydrogens (tertiary/aromatic N) is 6. The van der Waals surface area contributed by atoms with Crippen LogP contribution in [0.3, 0.4) is 0 Å². The predicted octanol–water partition coefficient (Wildman–Crippen LogP) is 0.898. The molecular formula is C16H19N7O2. The van der Waals surface area contributed by atoms with Crippen LogP contribution in [0.5, 0.6) is 5.75 Å². The van der Waals surface area contributed by atoms with Crippen LogP contribution in [0.1, 0.15) is 23.1 Å². The molecule has 2 heterocycles. The average Bonchev–Trinajstić information content (AvgIpc) is 3.31. The second-order valence-corrected chi connectivity index (χ2v) is 5.25. The van der Waals surface area contributed by atoms with Gasteiger partial charge in [-0.05, 0) is 41.6 Å². The van der Waals surface area contributed by atoms with Crippen LogP contribution in [-0.4, -0.2) is 42.4 Å². The van der Waals surface area contributed by atoms with Gasteiger partial charge in [0.1, 0.15) is 12.4 Å². The van der Waals surface area contributed by atoms with Gasteiger partial charge in [0.15, 0.2) is 5.82 Å². The number of aryl methyl sites for hydroxylation is 1. The Balaban J connectivity index is 1.54. The molecule has 0 bridgehead atoms. The van der Waals surface area contributed by atoms with Crippen molar-refractivity contribution in [3.05, 3.63) is 54.1 Å². The minimum Gasteiger partial charge on any atom is -0.486 e. The maximum atomic E-state index is 12.2. The number of carbonyl (C=O) groups excluding carboxylic acids is 1. The Hall–Kier alpha value is -3.23. The van der Waals surface area contributed by atoms with Gasteiger partial charge in [0, 0.05) is 31.0 Å². The van der Waals surface area contributed by atoms with E-state index in [-0.39, 0.29) is 12.5 Å². The number of carbonyl (C=O) groups is 1. The van der Waals surface area contributed by atoms with Gasteiger partial charge >= 0.3 is 0 Å². The molecule has 0 radical (unpaired) electrons. The molecule has 0 aliphatic heterocycles. The quantitative estimate of drug-likeness (QED) is 0.653. The van der Waals surface area contributed by atoms with Crippen molar-refractivity contribution in [1.82, 2.24) is 35.3 Å². The van der Waals surface area contributed by atoms with Crippen molar-refractivity contribution < 1.29 is 9.53 Å². The van der Waals surface area contributed by atoms with Gasteiger partial charge in [-0.2, -0.15) is 5.10 Å². The summed E-state index contributed by atoms with van der Waals surface area (Å²) in [5.74, 6) is 1.07. The van der Waals surface area contributed by atoms with E-state index >= 15 is 0 Å². The number of rotatable bonds is 8. The van der Waals surface area contributed by atoms with Gasteiger partial charge in [0.05, 0.1) is 6.54 Å². The molecule has 0 unspecified atom stereocenters. The standard InChI is InChI=1S/C16H19N7O2/c1-2-23-15(19-20-21-23)12-25-14-6-3-5-13(11-14)16(24)17-8-10-22-9-4-7-18-22/h3-7,9,11H,2,8,10,12H2,1H3,(H,17,24). The molecule has 1 aromatic carbocycles. The van der Waals surface area contributed by atoms with E-state index in [1.807, 2.05) is 19.2 Å². The van der Waals surface area contributed by atoms with Crippen LogP contribution in [0.15, 0.2) is 42.7 Å². The van der Waals surface area contributed by atoms with Crippen molar-refractivity contribution in [2.24, 2.45) is 0 Å². The molecule has 0 fully saturated rings. The van der Waals surface area contributed by atoms with Gasteiger partial charge in [-0.3, -0.25) is 9.48 Å². The van der Waals surface area contributed by atoms with Crippen molar-refractivity contribution in [2.75, 3.05) is 6.54 Å². The first-order chi connectivity index (χ1) is 12.3. The van der Waals surface area contributed by atoms with Gasteiger partial charge in [0.2, 0.25) is 0 Å². The number of hydrogen-bond acceptors (Lipinski definition) is 6. The smallest absolute Gasteiger partial charge is 0.251 e. The maximum Gasteiger partial charge on any atom is 0.251 e. The van der Waals surface area contributed by atoms with Crippen LogP contribution < -0.4 is 10.1 Å². The zero-order valence-electron chi connectivity index (χ0n) is 13.9. The third-order valence-electron chi connectivity index (χ3n) is 3.56. The Kier molecular flexibility index (Phi) is 5.35. The number of amides is 1. The summed E-state index contributed by atoms with van der Waals surface area (Å²) in [4.78, 5) is 12.2. The third-order valence-corrected chi connectivity index (χ3v) is 3.56. The van der Waals surface area contributed by atoms with E-state index in [1.165, 1.54) is 0 Å². The first-order valence-electron chi connectivity index (χ1n) is 8.00. The highest BCUT2D eigenvalue weighted by Gasteiger charge is 2.08. The highest BCUT2D eigenvalue weighted by Crippen LogP contribution is 2.14. The van der Waals surface area contributed by atoms with E-state index in [2.05, 4.69) is 25.9 Å². The van der Waals surface area contributed by atoms with Gasteiger partial charge in [-0.25, -0.2) is 4.68 Å². The second-order valence-electron chi connectivity index (χ2n) is 5.25. The van der Waals surface area contributed by atoms with Crippen LogP contribution in [-0.2, 0) is 19.7 Å². The van der Waals surface area contributed by atoms with E-state index in [0.717, 1.165) is 0 Å². The van der Waals surface area contributed by atoms with Crippen LogP contribution in [0.4, 0.5) is 0 Å². The lowest BCUT2D eigenvalue weighted by molar-refractivity contribution is 0.0951. The van der Waals surface area contributed by atoms with E-state index in [0.29, 0.717) is 36.8 Å². The molecule has 2 aromatic heterocycles. The molecule has 0 atom stereocenters. The topological polar surface area (TPSA) is 99.8 Å². The number of ether oxygens (including phenoxy) is 1. The second kappa shape index (κ2) is 8.04. The molecule has 0 aliphatic carbocycles. The van der Waals surface area contributed by atoms with Crippen molar-refractivity contribution in [2.45, 2.75) is 26.6 Å². The van der Waals surface area contributed by atoms with Gasteiger partial charge < -0.3 is 10.1 Å². The Morgan fingerprint density at radius 3 is 3.04 bits per heavy atom. The van der Waals surface area contributed by atoms with Gasteiger partial charge in [0.25, 0.3) is 5.91 Å². The first kappa shape index (κ1) is 16.6. The highest BCUT2D eigenvalue weighted by molar-refractivity contribution is 5.94. The summed E-state index contributed by atoms with van der Waals surface area (Å²) in [6, 6.07) is 8.86. The Bertz CT molecular complexity index is 814. The van der Waals surface area contributed by atoms with E-state index in [9.17, 15) is 4.79 Å². The molecule has 9 nitrogen and oxygen atoms in total. The minimum absolute atomic E-state index is 0.156. The number of nitrogens with one attached hydrogen (secondary N) is 1. The molecule has 25 heavy (non-hydrogen) atoms. The Labute approximate surface area is 144 Å². The van der Waals surface area contributed by atoms with Crippen molar-refractivity contribution in [3.8, 4) is 5.75 Å². The molecule has 3 rings (SSSR count). The summed E-state index contributed by atoms with van der Waals surface area (Å²) in [6.45, 7) is 3.98. The van der Waals surface area contributed by atoms with Crippen molar-refractivity contribution in [3.63, 3.8) is 0 Å². The lowest BCUT2D eigenvalue weighted by Gasteiger charge is -2.09. The first-order valence-corrected chi connectivity index (χ1v) is 8.00. The summed E-state index contributed by atoms with van der Waals surface area (Å²) in [5, 5.41) is 18.3. The van der Waals surface area contributed by atoms with Crippen LogP contribution in [0.2, 0.25) is 0 Å². The van der Waals surface area contributed by atoms with Crippen LogP contribution in [0.25, 0.3) is 0 Å². The molecule has 1 N–H and O–H groups in total. The highest BCUT2D eigenvalue weighted by atomic mass is 16.5. The molecule has 0 spiro atoms. The lowest BCUT2D eigenvalue weighted by atomic mass is 10.2. The molecular weight excluding hydrogens is 322 g/mol. The number of hydrogen-bond donors (Lipinski definition) is 1. The lowest BCUT2D eigenvalue weighted by Crippen LogP contribution is -2.27. The monoisotopic (exact) mass is 341 g/mol. The summed E-state index contributed by atoms with van der Waals surface area (Å²) >= 11 is 0. The van der Waals surface area contributed by atoms with Crippen LogP contribution in [0, 0.1) is 0 Å². The number of aromatic nitrogens is 6. The van der Waals surface area contributed by atoms with Crippen LogP contribution >= 0.6 is 0 Å². The molecule has 9 heteroatoms. The molecule has 130 valence electrons. The fourth-order valence-corrected chi connectivity index (χ4v) is 2.27. The zero-order chi connectivity index (χ0) is 17.5. The summed E-state index contributed by atoms with van der Waals surface area (Å²) < 4.78 is 9.11. The number of benzene rings is 1. The largest absolute Gasteiger partial charge is 0.486 e. The third kappa shape index (κ3) is 4.40. The van der Waals surface area contributed by atoms with E-state index in [4.69, 9.17) is 4.74 Å². The normalized spacial score (nSPS) is 10.6. The summed E-state index contributed by atoms with van der Waals surface area (Å²) in [7, 11) is 0. The fraction of sp³-hybridized carbons (Fsp3) is 0.312. The summed E-state index contributed by atoms with van der Waals surface area (Å²) in [6.07, 6.45) is 3.56. The number of tetrazole rings is 1. The SMILES string of the molecule is CCn1nnnc1COc1cccc(C(=O)NCCn2cccn2)c1. The Morgan fingerprint density at radius 2 is 2.24 bits per heavy atom. The molecule has 1 amide bonds. The zero-order valence-corrected chi connectivity index (χ0v) is 13.9. The summed E-state index contributed by atoms with van der Waals surface area (Å²) in [5.41, 5.74) is 0.535. The van der Waals surface area contributed by atoms with Gasteiger partial charge in [-0.15, -0.1) is 5.10 Å². The van der Waals surface area contributed by atoms with Gasteiger partial charge in [-0.1, -0.05) is 6.07 Å². The van der Waals surface area contributed by atoms with Crippen molar-refractivity contribution in [1.29, 1.82) is 0 Å². The van der Waals surface area contributed by atoms with E-state index < -0.39 is 0 Å². The molecule has 0 saturated carbocycles. The van der Waals surface area contributed by atoms with E-state index in [1.54, 1.807) is 39.8 Å². The predicted molar refractivity (Wildman–Crippen MR) is 88.8 cm³/mol. The molecule has 3 aromatic rings. The minimum atomic E-state index is -0.156. The maximum absolute atomic E-state index is 12.2.